The van der Waals surface area contributed by atoms with Crippen LogP contribution in [-0.4, -0.2) is 69.0 Å². The summed E-state index contributed by atoms with van der Waals surface area (Å²) in [6, 6.07) is 7.92. The van der Waals surface area contributed by atoms with E-state index >= 15 is 0 Å². The summed E-state index contributed by atoms with van der Waals surface area (Å²) in [7, 11) is 1.71. The summed E-state index contributed by atoms with van der Waals surface area (Å²) in [5.74, 6) is 1.71. The quantitative estimate of drug-likeness (QED) is 0.398. The van der Waals surface area contributed by atoms with E-state index in [1.54, 1.807) is 19.4 Å². The Hall–Kier alpha value is -3.59. The van der Waals surface area contributed by atoms with Gasteiger partial charge in [0, 0.05) is 12.7 Å². The van der Waals surface area contributed by atoms with E-state index in [4.69, 9.17) is 19.2 Å². The third-order valence-electron chi connectivity index (χ3n) is 7.62. The summed E-state index contributed by atoms with van der Waals surface area (Å²) < 4.78 is 20.7. The maximum atomic E-state index is 14.2. The Balaban J connectivity index is 1.72. The Bertz CT molecular complexity index is 1470. The Morgan fingerprint density at radius 2 is 1.93 bits per heavy atom. The number of carbonyl (C=O) groups excluding carboxylic acids is 2. The van der Waals surface area contributed by atoms with Crippen molar-refractivity contribution in [2.75, 3.05) is 26.9 Å². The number of ether oxygens (including phenoxy) is 3. The van der Waals surface area contributed by atoms with Crippen molar-refractivity contribution in [1.29, 1.82) is 0 Å². The monoisotopic (exact) mass is 562 g/mol. The number of amides is 1. The molecule has 3 aromatic rings. The summed E-state index contributed by atoms with van der Waals surface area (Å²) >= 11 is 0. The lowest BCUT2D eigenvalue weighted by molar-refractivity contribution is -0.0373. The van der Waals surface area contributed by atoms with Crippen LogP contribution >= 0.6 is 0 Å². The fraction of sp³-hybridized carbons (Fsp3) is 0.531. The number of benzene rings is 1. The Morgan fingerprint density at radius 1 is 1.17 bits per heavy atom. The van der Waals surface area contributed by atoms with Crippen LogP contribution in [0.2, 0.25) is 0 Å². The molecule has 1 fully saturated rings. The van der Waals surface area contributed by atoms with Gasteiger partial charge in [0.25, 0.3) is 5.91 Å². The van der Waals surface area contributed by atoms with Gasteiger partial charge in [0.2, 0.25) is 0 Å². The van der Waals surface area contributed by atoms with Gasteiger partial charge in [0.1, 0.15) is 11.4 Å². The van der Waals surface area contributed by atoms with Crippen molar-refractivity contribution in [3.8, 4) is 23.0 Å². The molecule has 0 spiro atoms. The molecule has 0 N–H and O–H groups in total. The fourth-order valence-electron chi connectivity index (χ4n) is 5.79. The first-order chi connectivity index (χ1) is 19.3. The van der Waals surface area contributed by atoms with Crippen molar-refractivity contribution >= 4 is 12.0 Å². The smallest absolute Gasteiger partial charge is 0.419 e. The molecule has 0 atom stereocenters. The van der Waals surface area contributed by atoms with Gasteiger partial charge in [-0.1, -0.05) is 13.8 Å². The zero-order chi connectivity index (χ0) is 29.7. The van der Waals surface area contributed by atoms with Crippen LogP contribution in [0.5, 0.6) is 5.75 Å². The van der Waals surface area contributed by atoms with Gasteiger partial charge in [-0.15, -0.1) is 0 Å². The Kier molecular flexibility index (Phi) is 7.53. The van der Waals surface area contributed by atoms with E-state index in [-0.39, 0.29) is 5.91 Å². The number of fused-ring (bicyclic) bond motifs is 3. The van der Waals surface area contributed by atoms with Crippen LogP contribution < -0.4 is 4.74 Å². The SMILES string of the molecule is COc1cc2c(cc1CC(C)C)-n1c(-c3cccn3C(=O)OC(C)(C)C)nc(C(=O)N3CCOCC3(C)C)c1CC2. The molecule has 41 heavy (non-hydrogen) atoms. The van der Waals surface area contributed by atoms with Crippen molar-refractivity contribution < 1.29 is 23.8 Å². The molecule has 0 bridgehead atoms. The number of morpholine rings is 1. The summed E-state index contributed by atoms with van der Waals surface area (Å²) in [4.78, 5) is 34.3. The van der Waals surface area contributed by atoms with Gasteiger partial charge in [-0.3, -0.25) is 9.36 Å². The average Bonchev–Trinajstić information content (AvgIpc) is 3.51. The van der Waals surface area contributed by atoms with Gasteiger partial charge >= 0.3 is 6.09 Å². The highest BCUT2D eigenvalue weighted by Crippen LogP contribution is 2.38. The molecule has 4 heterocycles. The number of nitrogens with zero attached hydrogens (tertiary/aromatic N) is 4. The summed E-state index contributed by atoms with van der Waals surface area (Å²) in [5.41, 5.74) is 3.86. The van der Waals surface area contributed by atoms with E-state index in [2.05, 4.69) is 30.5 Å². The van der Waals surface area contributed by atoms with Crippen LogP contribution in [0, 0.1) is 5.92 Å². The zero-order valence-electron chi connectivity index (χ0n) is 25.5. The lowest BCUT2D eigenvalue weighted by Gasteiger charge is -2.41. The largest absolute Gasteiger partial charge is 0.496 e. The van der Waals surface area contributed by atoms with Gasteiger partial charge in [0.15, 0.2) is 11.5 Å². The van der Waals surface area contributed by atoms with Crippen LogP contribution in [-0.2, 0) is 28.7 Å². The summed E-state index contributed by atoms with van der Waals surface area (Å²) in [5, 5.41) is 0. The molecule has 1 saturated heterocycles. The standard InChI is InChI=1S/C32H42N4O5/c1-20(2)16-22-17-25-21(18-26(22)39-8)11-12-23-27(29(37)35-14-15-40-19-32(35,6)7)33-28(36(23)25)24-10-9-13-34(24)30(38)41-31(3,4)5/h9-10,13,17-18,20H,11-12,14-16,19H2,1-8H3. The second-order valence-corrected chi connectivity index (χ2v) is 13.0. The minimum absolute atomic E-state index is 0.122. The first kappa shape index (κ1) is 28.9. The molecule has 0 radical (unpaired) electrons. The van der Waals surface area contributed by atoms with E-state index in [1.165, 1.54) is 4.57 Å². The van der Waals surface area contributed by atoms with E-state index < -0.39 is 17.2 Å². The molecule has 9 heteroatoms. The van der Waals surface area contributed by atoms with Crippen LogP contribution in [0.4, 0.5) is 4.79 Å². The van der Waals surface area contributed by atoms with Gasteiger partial charge in [0.05, 0.1) is 42.9 Å². The predicted molar refractivity (Wildman–Crippen MR) is 157 cm³/mol. The molecule has 2 aliphatic rings. The molecule has 9 nitrogen and oxygen atoms in total. The molecule has 2 aliphatic heterocycles. The summed E-state index contributed by atoms with van der Waals surface area (Å²) in [6.45, 7) is 15.4. The van der Waals surface area contributed by atoms with E-state index in [9.17, 15) is 9.59 Å². The first-order valence-corrected chi connectivity index (χ1v) is 14.4. The number of aromatic nitrogens is 3. The first-order valence-electron chi connectivity index (χ1n) is 14.4. The van der Waals surface area contributed by atoms with Crippen molar-refractivity contribution in [2.45, 2.75) is 78.9 Å². The van der Waals surface area contributed by atoms with Crippen LogP contribution in [0.15, 0.2) is 30.5 Å². The number of methoxy groups -OCH3 is 1. The molecule has 1 aromatic carbocycles. The normalized spacial score (nSPS) is 16.4. The third kappa shape index (κ3) is 5.52. The van der Waals surface area contributed by atoms with Crippen LogP contribution in [0.25, 0.3) is 17.2 Å². The lowest BCUT2D eigenvalue weighted by atomic mass is 9.94. The Morgan fingerprint density at radius 3 is 2.59 bits per heavy atom. The zero-order valence-corrected chi connectivity index (χ0v) is 25.5. The lowest BCUT2D eigenvalue weighted by Crippen LogP contribution is -2.55. The highest BCUT2D eigenvalue weighted by Gasteiger charge is 2.39. The van der Waals surface area contributed by atoms with Gasteiger partial charge in [-0.05, 0) is 95.2 Å². The van der Waals surface area contributed by atoms with Crippen LogP contribution in [0.3, 0.4) is 0 Å². The molecule has 2 aromatic heterocycles. The van der Waals surface area contributed by atoms with Crippen molar-refractivity contribution in [2.24, 2.45) is 5.92 Å². The Labute approximate surface area is 242 Å². The molecule has 0 aliphatic carbocycles. The van der Waals surface area contributed by atoms with E-state index in [0.29, 0.717) is 49.3 Å². The second kappa shape index (κ2) is 10.7. The maximum absolute atomic E-state index is 14.2. The molecular weight excluding hydrogens is 520 g/mol. The third-order valence-corrected chi connectivity index (χ3v) is 7.62. The van der Waals surface area contributed by atoms with Crippen molar-refractivity contribution in [1.82, 2.24) is 19.0 Å². The minimum atomic E-state index is -0.664. The van der Waals surface area contributed by atoms with Crippen molar-refractivity contribution in [3.05, 3.63) is 53.0 Å². The van der Waals surface area contributed by atoms with Crippen molar-refractivity contribution in [3.63, 3.8) is 0 Å². The molecule has 0 unspecified atom stereocenters. The van der Waals surface area contributed by atoms with Gasteiger partial charge in [-0.2, -0.15) is 0 Å². The number of rotatable bonds is 5. The number of imidazole rings is 1. The van der Waals surface area contributed by atoms with Gasteiger partial charge < -0.3 is 19.1 Å². The highest BCUT2D eigenvalue weighted by molar-refractivity contribution is 5.95. The van der Waals surface area contributed by atoms with Gasteiger partial charge in [-0.25, -0.2) is 14.3 Å². The highest BCUT2D eigenvalue weighted by atomic mass is 16.6. The minimum Gasteiger partial charge on any atom is -0.496 e. The predicted octanol–water partition coefficient (Wildman–Crippen LogP) is 5.68. The maximum Gasteiger partial charge on any atom is 0.419 e. The number of aryl methyl sites for hydroxylation is 1. The second-order valence-electron chi connectivity index (χ2n) is 13.0. The molecule has 0 saturated carbocycles. The van der Waals surface area contributed by atoms with E-state index in [1.807, 2.05) is 45.6 Å². The molecular formula is C32H42N4O5. The summed E-state index contributed by atoms with van der Waals surface area (Å²) in [6.07, 6.45) is 3.41. The number of hydrogen-bond donors (Lipinski definition) is 0. The average molecular weight is 563 g/mol. The fourth-order valence-corrected chi connectivity index (χ4v) is 5.79. The molecule has 220 valence electrons. The topological polar surface area (TPSA) is 87.8 Å². The van der Waals surface area contributed by atoms with Crippen LogP contribution in [0.1, 0.15) is 75.8 Å². The molecule has 1 amide bonds. The number of hydrogen-bond acceptors (Lipinski definition) is 6. The molecule has 5 rings (SSSR count). The van der Waals surface area contributed by atoms with E-state index in [0.717, 1.165) is 41.1 Å². The number of carbonyl (C=O) groups is 2.